The van der Waals surface area contributed by atoms with Gasteiger partial charge in [0.1, 0.15) is 5.25 Å². The molecule has 2 aromatic carbocycles. The first kappa shape index (κ1) is 17.5. The molecule has 0 radical (unpaired) electrons. The molecule has 0 spiro atoms. The van der Waals surface area contributed by atoms with Crippen LogP contribution < -0.4 is 10.6 Å². The molecule has 128 valence electrons. The molecule has 0 aromatic heterocycles. The first-order valence-electron chi connectivity index (χ1n) is 7.68. The average molecular weight is 374 g/mol. The third-order valence-electron chi connectivity index (χ3n) is 3.59. The van der Waals surface area contributed by atoms with Gasteiger partial charge in [-0.2, -0.15) is 0 Å². The van der Waals surface area contributed by atoms with E-state index in [1.165, 1.54) is 11.8 Å². The van der Waals surface area contributed by atoms with Crippen molar-refractivity contribution in [2.24, 2.45) is 4.99 Å². The van der Waals surface area contributed by atoms with Crippen molar-refractivity contribution >= 4 is 51.7 Å². The maximum absolute atomic E-state index is 12.2. The molecule has 1 aliphatic heterocycles. The number of carbonyl (C=O) groups is 2. The van der Waals surface area contributed by atoms with Gasteiger partial charge in [0.15, 0.2) is 5.17 Å². The topological polar surface area (TPSA) is 70.6 Å². The molecule has 1 aliphatic rings. The van der Waals surface area contributed by atoms with E-state index in [2.05, 4.69) is 15.6 Å². The summed E-state index contributed by atoms with van der Waals surface area (Å²) in [4.78, 5) is 28.6. The van der Waals surface area contributed by atoms with Crippen LogP contribution in [0.2, 0.25) is 5.02 Å². The Morgan fingerprint density at radius 1 is 1.28 bits per heavy atom. The zero-order valence-corrected chi connectivity index (χ0v) is 15.0. The lowest BCUT2D eigenvalue weighted by Gasteiger charge is -2.08. The summed E-state index contributed by atoms with van der Waals surface area (Å²) in [5.74, 6) is -0.453. The number of carbonyl (C=O) groups excluding carboxylic acids is 2. The Labute approximate surface area is 154 Å². The number of thioether (sulfide) groups is 1. The Morgan fingerprint density at radius 2 is 2.04 bits per heavy atom. The summed E-state index contributed by atoms with van der Waals surface area (Å²) < 4.78 is 0. The molecule has 5 nitrogen and oxygen atoms in total. The van der Waals surface area contributed by atoms with Gasteiger partial charge in [-0.3, -0.25) is 9.59 Å². The van der Waals surface area contributed by atoms with E-state index in [-0.39, 0.29) is 18.2 Å². The molecular formula is C18H16ClN3O2S. The normalized spacial score (nSPS) is 18.2. The van der Waals surface area contributed by atoms with E-state index in [0.29, 0.717) is 15.9 Å². The van der Waals surface area contributed by atoms with E-state index in [9.17, 15) is 9.59 Å². The van der Waals surface area contributed by atoms with Crippen LogP contribution in [0.4, 0.5) is 11.4 Å². The van der Waals surface area contributed by atoms with E-state index in [0.717, 1.165) is 11.3 Å². The van der Waals surface area contributed by atoms with Gasteiger partial charge in [-0.15, -0.1) is 0 Å². The summed E-state index contributed by atoms with van der Waals surface area (Å²) in [7, 11) is 0. The summed E-state index contributed by atoms with van der Waals surface area (Å²) >= 11 is 7.31. The first-order chi connectivity index (χ1) is 12.0. The fraction of sp³-hybridized carbons (Fsp3) is 0.167. The zero-order chi connectivity index (χ0) is 17.8. The highest BCUT2D eigenvalue weighted by atomic mass is 35.5. The molecule has 3 rings (SSSR count). The number of anilines is 1. The van der Waals surface area contributed by atoms with Crippen molar-refractivity contribution in [1.82, 2.24) is 5.32 Å². The summed E-state index contributed by atoms with van der Waals surface area (Å²) in [5, 5.41) is 6.07. The van der Waals surface area contributed by atoms with E-state index in [1.807, 2.05) is 43.3 Å². The number of nitrogens with one attached hydrogen (secondary N) is 2. The van der Waals surface area contributed by atoms with Crippen molar-refractivity contribution < 1.29 is 9.59 Å². The van der Waals surface area contributed by atoms with Gasteiger partial charge in [-0.25, -0.2) is 4.99 Å². The van der Waals surface area contributed by atoms with Crippen LogP contribution in [0.3, 0.4) is 0 Å². The van der Waals surface area contributed by atoms with Crippen LogP contribution in [0, 0.1) is 6.92 Å². The summed E-state index contributed by atoms with van der Waals surface area (Å²) in [6.07, 6.45) is 0.0653. The third kappa shape index (κ3) is 4.61. The maximum atomic E-state index is 12.2. The zero-order valence-electron chi connectivity index (χ0n) is 13.5. The van der Waals surface area contributed by atoms with Crippen molar-refractivity contribution in [3.63, 3.8) is 0 Å². The van der Waals surface area contributed by atoms with Crippen molar-refractivity contribution in [2.75, 3.05) is 5.32 Å². The standard InChI is InChI=1S/C18H16ClN3O2S/c1-11-7-8-13(9-14(11)19)20-16(23)10-15-17(24)22-18(25-15)21-12-5-3-2-4-6-12/h2-9,15H,10H2,1H3,(H,20,23)(H,21,22,24)/t15-/m1/s1. The molecule has 0 aliphatic carbocycles. The lowest BCUT2D eigenvalue weighted by atomic mass is 10.2. The number of aliphatic imine (C=N–C) groups is 1. The fourth-order valence-electron chi connectivity index (χ4n) is 2.26. The first-order valence-corrected chi connectivity index (χ1v) is 8.94. The Morgan fingerprint density at radius 3 is 2.76 bits per heavy atom. The molecular weight excluding hydrogens is 358 g/mol. The molecule has 0 unspecified atom stereocenters. The number of para-hydroxylation sites is 1. The molecule has 7 heteroatoms. The Kier molecular flexibility index (Phi) is 5.40. The Bertz CT molecular complexity index is 839. The molecule has 1 saturated heterocycles. The van der Waals surface area contributed by atoms with Gasteiger partial charge in [-0.05, 0) is 36.8 Å². The molecule has 25 heavy (non-hydrogen) atoms. The summed E-state index contributed by atoms with van der Waals surface area (Å²) in [5.41, 5.74) is 2.30. The second kappa shape index (κ2) is 7.72. The smallest absolute Gasteiger partial charge is 0.240 e. The molecule has 0 bridgehead atoms. The maximum Gasteiger partial charge on any atom is 0.240 e. The van der Waals surface area contributed by atoms with Crippen LogP contribution in [-0.4, -0.2) is 22.2 Å². The van der Waals surface area contributed by atoms with Crippen LogP contribution in [-0.2, 0) is 9.59 Å². The van der Waals surface area contributed by atoms with Gasteiger partial charge >= 0.3 is 0 Å². The number of hydrogen-bond acceptors (Lipinski definition) is 4. The average Bonchev–Trinajstić information content (AvgIpc) is 2.91. The summed E-state index contributed by atoms with van der Waals surface area (Å²) in [6.45, 7) is 1.89. The second-order valence-corrected chi connectivity index (χ2v) is 7.16. The monoisotopic (exact) mass is 373 g/mol. The highest BCUT2D eigenvalue weighted by Crippen LogP contribution is 2.26. The second-order valence-electron chi connectivity index (χ2n) is 5.56. The van der Waals surface area contributed by atoms with Crippen molar-refractivity contribution in [1.29, 1.82) is 0 Å². The van der Waals surface area contributed by atoms with Crippen LogP contribution in [0.25, 0.3) is 0 Å². The van der Waals surface area contributed by atoms with Crippen LogP contribution in [0.15, 0.2) is 53.5 Å². The quantitative estimate of drug-likeness (QED) is 0.853. The van der Waals surface area contributed by atoms with Gasteiger partial charge in [-0.1, -0.05) is 47.6 Å². The molecule has 2 N–H and O–H groups in total. The third-order valence-corrected chi connectivity index (χ3v) is 5.08. The molecule has 0 saturated carbocycles. The molecule has 2 aromatic rings. The predicted octanol–water partition coefficient (Wildman–Crippen LogP) is 3.90. The van der Waals surface area contributed by atoms with Crippen molar-refractivity contribution in [3.8, 4) is 0 Å². The SMILES string of the molecule is Cc1ccc(NC(=O)C[C@H]2SC(=Nc3ccccc3)NC2=O)cc1Cl. The number of amides is 2. The number of halogens is 1. The highest BCUT2D eigenvalue weighted by Gasteiger charge is 2.32. The van der Waals surface area contributed by atoms with Crippen LogP contribution >= 0.6 is 23.4 Å². The van der Waals surface area contributed by atoms with E-state index in [1.54, 1.807) is 12.1 Å². The number of hydrogen-bond donors (Lipinski definition) is 2. The van der Waals surface area contributed by atoms with Gasteiger partial charge in [0.2, 0.25) is 11.8 Å². The van der Waals surface area contributed by atoms with E-state index in [4.69, 9.17) is 11.6 Å². The predicted molar refractivity (Wildman–Crippen MR) is 102 cm³/mol. The number of aryl methyl sites for hydroxylation is 1. The van der Waals surface area contributed by atoms with Gasteiger partial charge in [0, 0.05) is 17.1 Å². The summed E-state index contributed by atoms with van der Waals surface area (Å²) in [6, 6.07) is 14.6. The number of amidine groups is 1. The van der Waals surface area contributed by atoms with E-state index < -0.39 is 5.25 Å². The van der Waals surface area contributed by atoms with E-state index >= 15 is 0 Å². The minimum atomic E-state index is -0.497. The molecule has 1 fully saturated rings. The van der Waals surface area contributed by atoms with Gasteiger partial charge < -0.3 is 10.6 Å². The fourth-order valence-corrected chi connectivity index (χ4v) is 3.43. The molecule has 1 atom stereocenters. The van der Waals surface area contributed by atoms with Crippen molar-refractivity contribution in [2.45, 2.75) is 18.6 Å². The minimum absolute atomic E-state index is 0.0653. The van der Waals surface area contributed by atoms with Crippen LogP contribution in [0.1, 0.15) is 12.0 Å². The molecule has 1 heterocycles. The number of rotatable bonds is 4. The lowest BCUT2D eigenvalue weighted by molar-refractivity contribution is -0.122. The van der Waals surface area contributed by atoms with Gasteiger partial charge in [0.05, 0.1) is 5.69 Å². The number of nitrogens with zero attached hydrogens (tertiary/aromatic N) is 1. The lowest BCUT2D eigenvalue weighted by Crippen LogP contribution is -2.28. The van der Waals surface area contributed by atoms with Gasteiger partial charge in [0.25, 0.3) is 0 Å². The van der Waals surface area contributed by atoms with Crippen LogP contribution in [0.5, 0.6) is 0 Å². The Balaban J connectivity index is 1.61. The minimum Gasteiger partial charge on any atom is -0.326 e. The largest absolute Gasteiger partial charge is 0.326 e. The molecule has 2 amide bonds. The number of benzene rings is 2. The Hall–Kier alpha value is -2.31. The highest BCUT2D eigenvalue weighted by molar-refractivity contribution is 8.15. The van der Waals surface area contributed by atoms with Crippen molar-refractivity contribution in [3.05, 3.63) is 59.1 Å².